The van der Waals surface area contributed by atoms with Crippen LogP contribution in [-0.2, 0) is 4.74 Å². The number of fused-ring (bicyclic) bond motifs is 3. The van der Waals surface area contributed by atoms with E-state index in [4.69, 9.17) is 14.7 Å². The van der Waals surface area contributed by atoms with Crippen molar-refractivity contribution >= 4 is 55.6 Å². The fraction of sp³-hybridized carbons (Fsp3) is 0.385. The van der Waals surface area contributed by atoms with Gasteiger partial charge in [0.25, 0.3) is 0 Å². The highest BCUT2D eigenvalue weighted by molar-refractivity contribution is 9.10. The summed E-state index contributed by atoms with van der Waals surface area (Å²) >= 11 is 5.70. The van der Waals surface area contributed by atoms with Crippen LogP contribution in [0.2, 0.25) is 0 Å². The molecule has 5 heterocycles. The van der Waals surface area contributed by atoms with Crippen molar-refractivity contribution < 1.29 is 4.74 Å². The van der Waals surface area contributed by atoms with Crippen LogP contribution in [0.5, 0.6) is 0 Å². The lowest BCUT2D eigenvalue weighted by Crippen LogP contribution is -2.33. The molecule has 0 aliphatic carbocycles. The molecule has 2 aliphatic heterocycles. The quantitative estimate of drug-likeness (QED) is 0.333. The molecular formula is C26H27BrN4OS. The average Bonchev–Trinajstić information content (AvgIpc) is 3.19. The predicted molar refractivity (Wildman–Crippen MR) is 140 cm³/mol. The van der Waals surface area contributed by atoms with Gasteiger partial charge in [-0.25, -0.2) is 4.98 Å². The first kappa shape index (κ1) is 21.4. The Bertz CT molecular complexity index is 1270. The highest BCUT2D eigenvalue weighted by Crippen LogP contribution is 2.40. The molecule has 7 heteroatoms. The van der Waals surface area contributed by atoms with Crippen molar-refractivity contribution in [1.29, 1.82) is 0 Å². The van der Waals surface area contributed by atoms with Crippen LogP contribution in [-0.4, -0.2) is 52.3 Å². The van der Waals surface area contributed by atoms with Crippen LogP contribution in [0, 0.1) is 5.92 Å². The van der Waals surface area contributed by atoms with E-state index in [9.17, 15) is 0 Å². The minimum absolute atomic E-state index is 0.186. The Morgan fingerprint density at radius 1 is 1.03 bits per heavy atom. The van der Waals surface area contributed by atoms with Gasteiger partial charge in [-0.05, 0) is 58.5 Å². The molecule has 170 valence electrons. The molecule has 1 atom stereocenters. The fourth-order valence-corrected chi connectivity index (χ4v) is 6.53. The minimum Gasteiger partial charge on any atom is -0.381 e. The van der Waals surface area contributed by atoms with Gasteiger partial charge in [0.1, 0.15) is 11.5 Å². The number of anilines is 1. The van der Waals surface area contributed by atoms with Crippen LogP contribution in [0.3, 0.4) is 0 Å². The van der Waals surface area contributed by atoms with Gasteiger partial charge in [-0.1, -0.05) is 30.3 Å². The summed E-state index contributed by atoms with van der Waals surface area (Å²) in [5, 5.41) is 1.13. The second-order valence-corrected chi connectivity index (χ2v) is 11.0. The highest BCUT2D eigenvalue weighted by atomic mass is 79.9. The van der Waals surface area contributed by atoms with Crippen LogP contribution < -0.4 is 4.90 Å². The van der Waals surface area contributed by atoms with E-state index in [-0.39, 0.29) is 6.04 Å². The molecule has 2 fully saturated rings. The second kappa shape index (κ2) is 9.28. The topological polar surface area (TPSA) is 43.2 Å². The van der Waals surface area contributed by atoms with Crippen molar-refractivity contribution in [2.75, 3.05) is 42.7 Å². The average molecular weight is 524 g/mol. The highest BCUT2D eigenvalue weighted by Gasteiger charge is 2.31. The standard InChI is InChI=1S/C26H27BrN4OS/c27-20-16-22-24(28-17-20)21-6-7-23(30-10-14-33-15-11-30)29-26(21)31(22)25(18-4-2-1-3-5-18)19-8-12-32-13-9-19/h1-7,16-17,19,25H,8-15H2/t25-/m1/s1. The monoisotopic (exact) mass is 522 g/mol. The lowest BCUT2D eigenvalue weighted by Gasteiger charge is -2.33. The summed E-state index contributed by atoms with van der Waals surface area (Å²) in [4.78, 5) is 12.6. The number of thioether (sulfide) groups is 1. The van der Waals surface area contributed by atoms with Crippen molar-refractivity contribution in [2.45, 2.75) is 18.9 Å². The van der Waals surface area contributed by atoms with Crippen LogP contribution >= 0.6 is 27.7 Å². The van der Waals surface area contributed by atoms with Crippen LogP contribution in [0.15, 0.2) is 59.2 Å². The molecule has 2 saturated heterocycles. The maximum absolute atomic E-state index is 5.74. The van der Waals surface area contributed by atoms with Gasteiger partial charge in [0.05, 0.1) is 17.1 Å². The van der Waals surface area contributed by atoms with E-state index in [0.29, 0.717) is 5.92 Å². The van der Waals surface area contributed by atoms with Gasteiger partial charge in [0.15, 0.2) is 0 Å². The Morgan fingerprint density at radius 2 is 1.82 bits per heavy atom. The number of ether oxygens (including phenoxy) is 1. The molecule has 0 N–H and O–H groups in total. The van der Waals surface area contributed by atoms with Gasteiger partial charge in [-0.3, -0.25) is 4.98 Å². The first-order chi connectivity index (χ1) is 16.3. The molecule has 0 saturated carbocycles. The van der Waals surface area contributed by atoms with E-state index in [0.717, 1.165) is 83.0 Å². The van der Waals surface area contributed by atoms with E-state index < -0.39 is 0 Å². The largest absolute Gasteiger partial charge is 0.381 e. The van der Waals surface area contributed by atoms with Gasteiger partial charge in [0, 0.05) is 53.9 Å². The smallest absolute Gasteiger partial charge is 0.145 e. The first-order valence-corrected chi connectivity index (χ1v) is 13.7. The first-order valence-electron chi connectivity index (χ1n) is 11.7. The van der Waals surface area contributed by atoms with Gasteiger partial charge in [-0.15, -0.1) is 0 Å². The maximum atomic E-state index is 5.74. The zero-order valence-corrected chi connectivity index (χ0v) is 20.9. The van der Waals surface area contributed by atoms with E-state index in [1.165, 1.54) is 5.56 Å². The zero-order valence-electron chi connectivity index (χ0n) is 18.5. The summed E-state index contributed by atoms with van der Waals surface area (Å²) < 4.78 is 9.20. The number of pyridine rings is 2. The lowest BCUT2D eigenvalue weighted by atomic mass is 9.86. The predicted octanol–water partition coefficient (Wildman–Crippen LogP) is 5.92. The molecule has 0 amide bonds. The fourth-order valence-electron chi connectivity index (χ4n) is 5.30. The van der Waals surface area contributed by atoms with Crippen LogP contribution in [0.1, 0.15) is 24.4 Å². The molecule has 6 rings (SSSR count). The van der Waals surface area contributed by atoms with E-state index in [1.807, 2.05) is 18.0 Å². The summed E-state index contributed by atoms with van der Waals surface area (Å²) in [6, 6.07) is 17.7. The number of rotatable bonds is 4. The van der Waals surface area contributed by atoms with Crippen molar-refractivity contribution in [3.63, 3.8) is 0 Å². The lowest BCUT2D eigenvalue weighted by molar-refractivity contribution is 0.0552. The molecule has 2 aliphatic rings. The Hall–Kier alpha value is -2.09. The molecule has 1 aromatic carbocycles. The second-order valence-electron chi connectivity index (χ2n) is 8.84. The summed E-state index contributed by atoms with van der Waals surface area (Å²) in [7, 11) is 0. The number of benzene rings is 1. The molecule has 5 nitrogen and oxygen atoms in total. The molecule has 0 radical (unpaired) electrons. The number of hydrogen-bond donors (Lipinski definition) is 0. The summed E-state index contributed by atoms with van der Waals surface area (Å²) in [6.07, 6.45) is 3.99. The molecule has 0 unspecified atom stereocenters. The summed E-state index contributed by atoms with van der Waals surface area (Å²) in [6.45, 7) is 3.74. The Balaban J connectivity index is 1.60. The summed E-state index contributed by atoms with van der Waals surface area (Å²) in [5.74, 6) is 3.87. The number of hydrogen-bond acceptors (Lipinski definition) is 5. The molecule has 33 heavy (non-hydrogen) atoms. The molecule has 0 spiro atoms. The number of aromatic nitrogens is 3. The van der Waals surface area contributed by atoms with Crippen LogP contribution in [0.4, 0.5) is 5.82 Å². The number of halogens is 1. The van der Waals surface area contributed by atoms with Gasteiger partial charge in [0.2, 0.25) is 0 Å². The van der Waals surface area contributed by atoms with E-state index >= 15 is 0 Å². The van der Waals surface area contributed by atoms with Crippen molar-refractivity contribution in [1.82, 2.24) is 14.5 Å². The van der Waals surface area contributed by atoms with Crippen molar-refractivity contribution in [3.8, 4) is 0 Å². The molecule has 3 aromatic heterocycles. The Kier molecular flexibility index (Phi) is 6.03. The van der Waals surface area contributed by atoms with Crippen molar-refractivity contribution in [3.05, 3.63) is 64.8 Å². The van der Waals surface area contributed by atoms with E-state index in [1.54, 1.807) is 0 Å². The molecule has 0 bridgehead atoms. The van der Waals surface area contributed by atoms with Crippen molar-refractivity contribution in [2.24, 2.45) is 5.92 Å². The van der Waals surface area contributed by atoms with Crippen LogP contribution in [0.25, 0.3) is 22.1 Å². The normalized spacial score (nSPS) is 18.8. The SMILES string of the molecule is Brc1cnc2c3ccc(N4CCSCC4)nc3n([C@H](c3ccccc3)C3CCOCC3)c2c1. The van der Waals surface area contributed by atoms with E-state index in [2.05, 4.69) is 73.9 Å². The maximum Gasteiger partial charge on any atom is 0.145 e. The summed E-state index contributed by atoms with van der Waals surface area (Å²) in [5.41, 5.74) is 4.52. The minimum atomic E-state index is 0.186. The Labute approximate surface area is 206 Å². The van der Waals surface area contributed by atoms with Gasteiger partial charge in [-0.2, -0.15) is 11.8 Å². The van der Waals surface area contributed by atoms with Gasteiger partial charge >= 0.3 is 0 Å². The third kappa shape index (κ3) is 4.04. The Morgan fingerprint density at radius 3 is 2.61 bits per heavy atom. The molecule has 4 aromatic rings. The number of nitrogens with zero attached hydrogens (tertiary/aromatic N) is 4. The molecular weight excluding hydrogens is 496 g/mol. The third-order valence-electron chi connectivity index (χ3n) is 6.90. The zero-order chi connectivity index (χ0) is 22.2. The van der Waals surface area contributed by atoms with Gasteiger partial charge < -0.3 is 14.2 Å². The third-order valence-corrected chi connectivity index (χ3v) is 8.28.